The smallest absolute Gasteiger partial charge is 0.226 e. The van der Waals surface area contributed by atoms with Crippen molar-refractivity contribution in [3.05, 3.63) is 57.8 Å². The average Bonchev–Trinajstić information content (AvgIpc) is 3.06. The van der Waals surface area contributed by atoms with Crippen molar-refractivity contribution < 1.29 is 4.79 Å². The molecule has 3 atom stereocenters. The summed E-state index contributed by atoms with van der Waals surface area (Å²) in [5, 5.41) is 2.16. The van der Waals surface area contributed by atoms with Crippen molar-refractivity contribution in [2.45, 2.75) is 25.8 Å². The second-order valence-corrected chi connectivity index (χ2v) is 7.21. The molecule has 1 saturated carbocycles. The fraction of sp³-hybridized carbons (Fsp3) is 0.389. The van der Waals surface area contributed by atoms with Crippen LogP contribution in [0.3, 0.4) is 0 Å². The van der Waals surface area contributed by atoms with Gasteiger partial charge in [0, 0.05) is 17.3 Å². The molecular formula is C18H19NOS. The molecule has 21 heavy (non-hydrogen) atoms. The molecule has 3 unspecified atom stereocenters. The third kappa shape index (κ3) is 2.20. The third-order valence-corrected chi connectivity index (χ3v) is 5.79. The zero-order valence-corrected chi connectivity index (χ0v) is 13.0. The predicted octanol–water partition coefficient (Wildman–Crippen LogP) is 3.88. The zero-order valence-electron chi connectivity index (χ0n) is 12.2. The highest BCUT2D eigenvalue weighted by Crippen LogP contribution is 2.44. The normalized spacial score (nSPS) is 27.3. The maximum absolute atomic E-state index is 12.8. The summed E-state index contributed by atoms with van der Waals surface area (Å²) in [6, 6.07) is 12.8. The molecule has 0 spiro atoms. The SMILES string of the molecule is CC1CC1C(=O)N1CCc2sccc2C1c1ccccc1. The molecule has 2 nitrogen and oxygen atoms in total. The predicted molar refractivity (Wildman–Crippen MR) is 85.3 cm³/mol. The van der Waals surface area contributed by atoms with Gasteiger partial charge in [0.15, 0.2) is 0 Å². The van der Waals surface area contributed by atoms with E-state index in [1.165, 1.54) is 16.0 Å². The van der Waals surface area contributed by atoms with E-state index < -0.39 is 0 Å². The lowest BCUT2D eigenvalue weighted by molar-refractivity contribution is -0.135. The number of fused-ring (bicyclic) bond motifs is 1. The van der Waals surface area contributed by atoms with Crippen LogP contribution in [-0.4, -0.2) is 17.4 Å². The van der Waals surface area contributed by atoms with Crippen LogP contribution in [0.4, 0.5) is 0 Å². The van der Waals surface area contributed by atoms with E-state index in [0.29, 0.717) is 11.8 Å². The van der Waals surface area contributed by atoms with Gasteiger partial charge >= 0.3 is 0 Å². The minimum Gasteiger partial charge on any atom is -0.331 e. The summed E-state index contributed by atoms with van der Waals surface area (Å²) in [5.74, 6) is 1.18. The summed E-state index contributed by atoms with van der Waals surface area (Å²) < 4.78 is 0. The lowest BCUT2D eigenvalue weighted by Crippen LogP contribution is -2.41. The first-order chi connectivity index (χ1) is 10.3. The van der Waals surface area contributed by atoms with Crippen LogP contribution in [0.5, 0.6) is 0 Å². The molecule has 1 aliphatic heterocycles. The Hall–Kier alpha value is -1.61. The topological polar surface area (TPSA) is 20.3 Å². The molecule has 0 saturated heterocycles. The van der Waals surface area contributed by atoms with E-state index >= 15 is 0 Å². The molecule has 0 N–H and O–H groups in total. The number of thiophene rings is 1. The van der Waals surface area contributed by atoms with Gasteiger partial charge in [-0.25, -0.2) is 0 Å². The highest BCUT2D eigenvalue weighted by atomic mass is 32.1. The first-order valence-corrected chi connectivity index (χ1v) is 8.55. The van der Waals surface area contributed by atoms with Crippen molar-refractivity contribution in [3.8, 4) is 0 Å². The number of nitrogens with zero attached hydrogens (tertiary/aromatic N) is 1. The number of carbonyl (C=O) groups excluding carboxylic acids is 1. The molecule has 1 aromatic heterocycles. The van der Waals surface area contributed by atoms with E-state index in [9.17, 15) is 4.79 Å². The first-order valence-electron chi connectivity index (χ1n) is 7.67. The Morgan fingerprint density at radius 3 is 2.71 bits per heavy atom. The molecule has 0 radical (unpaired) electrons. The van der Waals surface area contributed by atoms with Crippen LogP contribution < -0.4 is 0 Å². The molecule has 1 amide bonds. The second kappa shape index (κ2) is 4.99. The van der Waals surface area contributed by atoms with E-state index in [-0.39, 0.29) is 12.0 Å². The minimum absolute atomic E-state index is 0.112. The summed E-state index contributed by atoms with van der Waals surface area (Å²) in [6.45, 7) is 3.04. The first kappa shape index (κ1) is 13.1. The van der Waals surface area contributed by atoms with Gasteiger partial charge in [0.2, 0.25) is 5.91 Å². The molecule has 3 heteroatoms. The molecule has 2 heterocycles. The second-order valence-electron chi connectivity index (χ2n) is 6.21. The molecular weight excluding hydrogens is 278 g/mol. The Morgan fingerprint density at radius 1 is 1.24 bits per heavy atom. The van der Waals surface area contributed by atoms with Crippen LogP contribution in [0, 0.1) is 11.8 Å². The van der Waals surface area contributed by atoms with Crippen molar-refractivity contribution in [2.24, 2.45) is 11.8 Å². The van der Waals surface area contributed by atoms with Crippen molar-refractivity contribution >= 4 is 17.2 Å². The molecule has 1 aromatic carbocycles. The van der Waals surface area contributed by atoms with E-state index in [2.05, 4.69) is 47.5 Å². The van der Waals surface area contributed by atoms with Crippen molar-refractivity contribution in [2.75, 3.05) is 6.54 Å². The quantitative estimate of drug-likeness (QED) is 0.824. The van der Waals surface area contributed by atoms with Crippen molar-refractivity contribution in [3.63, 3.8) is 0 Å². The number of carbonyl (C=O) groups is 1. The van der Waals surface area contributed by atoms with Gasteiger partial charge < -0.3 is 4.90 Å². The highest BCUT2D eigenvalue weighted by molar-refractivity contribution is 7.10. The lowest BCUT2D eigenvalue weighted by atomic mass is 9.93. The Kier molecular flexibility index (Phi) is 3.11. The van der Waals surface area contributed by atoms with Gasteiger partial charge in [0.1, 0.15) is 0 Å². The van der Waals surface area contributed by atoms with Crippen LogP contribution in [0.2, 0.25) is 0 Å². The average molecular weight is 297 g/mol. The number of benzene rings is 1. The number of hydrogen-bond acceptors (Lipinski definition) is 2. The Labute approximate surface area is 129 Å². The summed E-state index contributed by atoms with van der Waals surface area (Å²) in [7, 11) is 0. The van der Waals surface area contributed by atoms with E-state index in [4.69, 9.17) is 0 Å². The van der Waals surface area contributed by atoms with E-state index in [1.807, 2.05) is 17.4 Å². The molecule has 1 aliphatic carbocycles. The molecule has 1 fully saturated rings. The van der Waals surface area contributed by atoms with Gasteiger partial charge in [-0.05, 0) is 41.3 Å². The van der Waals surface area contributed by atoms with Gasteiger partial charge in [-0.3, -0.25) is 4.79 Å². The Bertz CT molecular complexity index is 663. The van der Waals surface area contributed by atoms with Gasteiger partial charge in [-0.15, -0.1) is 11.3 Å². The summed E-state index contributed by atoms with van der Waals surface area (Å²) >= 11 is 1.82. The van der Waals surface area contributed by atoms with Gasteiger partial charge in [-0.2, -0.15) is 0 Å². The Balaban J connectivity index is 1.75. The van der Waals surface area contributed by atoms with Crippen LogP contribution >= 0.6 is 11.3 Å². The number of rotatable bonds is 2. The lowest BCUT2D eigenvalue weighted by Gasteiger charge is -2.36. The van der Waals surface area contributed by atoms with Crippen molar-refractivity contribution in [1.82, 2.24) is 4.90 Å². The van der Waals surface area contributed by atoms with Gasteiger partial charge in [0.05, 0.1) is 6.04 Å². The maximum Gasteiger partial charge on any atom is 0.226 e. The van der Waals surface area contributed by atoms with Crippen LogP contribution in [0.1, 0.15) is 35.4 Å². The minimum atomic E-state index is 0.112. The van der Waals surface area contributed by atoms with E-state index in [1.54, 1.807) is 0 Å². The summed E-state index contributed by atoms with van der Waals surface area (Å²) in [5.41, 5.74) is 2.57. The van der Waals surface area contributed by atoms with Crippen molar-refractivity contribution in [1.29, 1.82) is 0 Å². The summed E-state index contributed by atoms with van der Waals surface area (Å²) in [4.78, 5) is 16.4. The zero-order chi connectivity index (χ0) is 14.4. The molecule has 2 aromatic rings. The fourth-order valence-electron chi connectivity index (χ4n) is 3.43. The fourth-order valence-corrected chi connectivity index (χ4v) is 4.33. The standard InChI is InChI=1S/C18H19NOS/c1-12-11-15(12)18(20)19-9-7-16-14(8-10-21-16)17(19)13-5-3-2-4-6-13/h2-6,8,10,12,15,17H,7,9,11H2,1H3. The van der Waals surface area contributed by atoms with E-state index in [0.717, 1.165) is 19.4 Å². The molecule has 0 bridgehead atoms. The van der Waals surface area contributed by atoms with Crippen LogP contribution in [-0.2, 0) is 11.2 Å². The van der Waals surface area contributed by atoms with Crippen LogP contribution in [0.15, 0.2) is 41.8 Å². The monoisotopic (exact) mass is 297 g/mol. The Morgan fingerprint density at radius 2 is 2.00 bits per heavy atom. The highest BCUT2D eigenvalue weighted by Gasteiger charge is 2.44. The number of amides is 1. The molecule has 2 aliphatic rings. The number of hydrogen-bond donors (Lipinski definition) is 0. The third-order valence-electron chi connectivity index (χ3n) is 4.79. The van der Waals surface area contributed by atoms with Gasteiger partial charge in [0.25, 0.3) is 0 Å². The molecule has 108 valence electrons. The maximum atomic E-state index is 12.8. The summed E-state index contributed by atoms with van der Waals surface area (Å²) in [6.07, 6.45) is 2.07. The largest absolute Gasteiger partial charge is 0.331 e. The van der Waals surface area contributed by atoms with Crippen LogP contribution in [0.25, 0.3) is 0 Å². The molecule has 4 rings (SSSR count). The van der Waals surface area contributed by atoms with Gasteiger partial charge in [-0.1, -0.05) is 37.3 Å².